The van der Waals surface area contributed by atoms with Gasteiger partial charge in [0.1, 0.15) is 0 Å². The topological polar surface area (TPSA) is 93.2 Å². The number of aliphatic carboxylic acids is 1. The summed E-state index contributed by atoms with van der Waals surface area (Å²) in [4.78, 5) is 18.2. The fourth-order valence-corrected chi connectivity index (χ4v) is 4.31. The summed E-state index contributed by atoms with van der Waals surface area (Å²) in [6, 6.07) is 10.3. The molecule has 1 unspecified atom stereocenters. The summed E-state index contributed by atoms with van der Waals surface area (Å²) in [5, 5.41) is 12.9. The van der Waals surface area contributed by atoms with Gasteiger partial charge in [-0.2, -0.15) is 0 Å². The maximum absolute atomic E-state index is 11.4. The van der Waals surface area contributed by atoms with Crippen LogP contribution in [0.1, 0.15) is 44.1 Å². The smallest absolute Gasteiger partial charge is 0.304 e. The van der Waals surface area contributed by atoms with Crippen LogP contribution < -0.4 is 15.0 Å². The lowest BCUT2D eigenvalue weighted by atomic mass is 9.94. The quantitative estimate of drug-likeness (QED) is 0.483. The molecule has 180 valence electrons. The molecule has 2 aromatic rings. The summed E-state index contributed by atoms with van der Waals surface area (Å²) < 4.78 is 16.1. The normalized spacial score (nSPS) is 15.1. The van der Waals surface area contributed by atoms with Crippen molar-refractivity contribution in [2.75, 3.05) is 50.8 Å². The Morgan fingerprint density at radius 3 is 2.67 bits per heavy atom. The largest absolute Gasteiger partial charge is 0.481 e. The molecule has 1 aromatic carbocycles. The highest BCUT2D eigenvalue weighted by Crippen LogP contribution is 2.36. The summed E-state index contributed by atoms with van der Waals surface area (Å²) >= 11 is 0. The fourth-order valence-electron chi connectivity index (χ4n) is 4.31. The molecule has 33 heavy (non-hydrogen) atoms. The summed E-state index contributed by atoms with van der Waals surface area (Å²) in [6.45, 7) is 4.98. The predicted molar refractivity (Wildman–Crippen MR) is 129 cm³/mol. The van der Waals surface area contributed by atoms with Crippen molar-refractivity contribution in [1.82, 2.24) is 4.98 Å². The summed E-state index contributed by atoms with van der Waals surface area (Å²) in [5.41, 5.74) is 3.77. The van der Waals surface area contributed by atoms with Gasteiger partial charge in [-0.1, -0.05) is 13.0 Å². The second kappa shape index (κ2) is 12.4. The zero-order chi connectivity index (χ0) is 23.6. The van der Waals surface area contributed by atoms with Gasteiger partial charge in [0.2, 0.25) is 5.88 Å². The van der Waals surface area contributed by atoms with Gasteiger partial charge in [-0.25, -0.2) is 4.98 Å². The van der Waals surface area contributed by atoms with Gasteiger partial charge in [0, 0.05) is 44.9 Å². The number of nitrogens with one attached hydrogen (secondary N) is 1. The monoisotopic (exact) mass is 457 g/mol. The molecular formula is C25H35N3O5. The van der Waals surface area contributed by atoms with Gasteiger partial charge < -0.3 is 29.5 Å². The van der Waals surface area contributed by atoms with Crippen molar-refractivity contribution in [3.63, 3.8) is 0 Å². The van der Waals surface area contributed by atoms with Crippen LogP contribution in [0.15, 0.2) is 36.5 Å². The zero-order valence-corrected chi connectivity index (χ0v) is 19.8. The summed E-state index contributed by atoms with van der Waals surface area (Å²) in [5.74, 6) is -0.533. The van der Waals surface area contributed by atoms with Crippen LogP contribution in [0.25, 0.3) is 0 Å². The minimum atomic E-state index is -0.843. The number of carboxylic acid groups (broad SMARTS) is 1. The van der Waals surface area contributed by atoms with E-state index >= 15 is 0 Å². The molecule has 8 heteroatoms. The number of aromatic nitrogens is 1. The molecule has 0 aliphatic carbocycles. The Bertz CT molecular complexity index is 884. The number of methoxy groups -OCH3 is 2. The van der Waals surface area contributed by atoms with Crippen LogP contribution in [0.4, 0.5) is 17.1 Å². The molecule has 8 nitrogen and oxygen atoms in total. The molecule has 1 aliphatic rings. The van der Waals surface area contributed by atoms with Crippen LogP contribution in [-0.2, 0) is 14.3 Å². The van der Waals surface area contributed by atoms with E-state index < -0.39 is 5.97 Å². The minimum Gasteiger partial charge on any atom is -0.481 e. The third-order valence-electron chi connectivity index (χ3n) is 5.91. The van der Waals surface area contributed by atoms with Crippen LogP contribution in [0, 0.1) is 0 Å². The maximum Gasteiger partial charge on any atom is 0.304 e. The Kier molecular flexibility index (Phi) is 9.33. The van der Waals surface area contributed by atoms with Crippen LogP contribution in [0.5, 0.6) is 5.88 Å². The van der Waals surface area contributed by atoms with Crippen molar-refractivity contribution in [1.29, 1.82) is 0 Å². The molecule has 0 radical (unpaired) electrons. The highest BCUT2D eigenvalue weighted by atomic mass is 16.5. The number of carbonyl (C=O) groups is 1. The van der Waals surface area contributed by atoms with E-state index in [0.717, 1.165) is 61.6 Å². The van der Waals surface area contributed by atoms with E-state index in [4.69, 9.17) is 14.2 Å². The number of benzene rings is 1. The van der Waals surface area contributed by atoms with E-state index in [1.54, 1.807) is 20.4 Å². The molecule has 1 aromatic heterocycles. The number of hydrogen-bond donors (Lipinski definition) is 2. The molecule has 1 atom stereocenters. The van der Waals surface area contributed by atoms with E-state index in [2.05, 4.69) is 28.2 Å². The Morgan fingerprint density at radius 2 is 2.06 bits per heavy atom. The average Bonchev–Trinajstić information content (AvgIpc) is 2.83. The maximum atomic E-state index is 11.4. The first-order valence-electron chi connectivity index (χ1n) is 11.5. The third-order valence-corrected chi connectivity index (χ3v) is 5.91. The predicted octanol–water partition coefficient (Wildman–Crippen LogP) is 4.43. The van der Waals surface area contributed by atoms with Gasteiger partial charge in [0.05, 0.1) is 43.4 Å². The molecule has 1 fully saturated rings. The van der Waals surface area contributed by atoms with Crippen molar-refractivity contribution in [2.45, 2.75) is 44.6 Å². The lowest BCUT2D eigenvalue weighted by Gasteiger charge is -2.37. The lowest BCUT2D eigenvalue weighted by molar-refractivity contribution is -0.137. The van der Waals surface area contributed by atoms with Crippen LogP contribution in [0.2, 0.25) is 0 Å². The second-order valence-corrected chi connectivity index (χ2v) is 8.28. The van der Waals surface area contributed by atoms with Gasteiger partial charge >= 0.3 is 5.97 Å². The van der Waals surface area contributed by atoms with E-state index in [-0.39, 0.29) is 12.3 Å². The number of rotatable bonds is 12. The van der Waals surface area contributed by atoms with Crippen molar-refractivity contribution < 1.29 is 24.1 Å². The minimum absolute atomic E-state index is 0.00928. The van der Waals surface area contributed by atoms with Crippen molar-refractivity contribution in [2.24, 2.45) is 0 Å². The molecule has 2 heterocycles. The van der Waals surface area contributed by atoms with E-state index in [0.29, 0.717) is 18.5 Å². The van der Waals surface area contributed by atoms with Gasteiger partial charge in [-0.15, -0.1) is 0 Å². The molecule has 0 spiro atoms. The standard InChI is InChI=1S/C25H35N3O5/c1-4-11-28(21-9-12-33-13-10-21)23-7-5-18(19(17-31-2)15-25(29)30)14-22(23)27-20-6-8-24(32-3)26-16-20/h5-8,14,16,19,21,27H,4,9-13,15,17H2,1-3H3,(H,29,30). The molecule has 1 aliphatic heterocycles. The number of hydrogen-bond acceptors (Lipinski definition) is 7. The fraction of sp³-hybridized carbons (Fsp3) is 0.520. The number of ether oxygens (including phenoxy) is 3. The Morgan fingerprint density at radius 1 is 1.27 bits per heavy atom. The summed E-state index contributed by atoms with van der Waals surface area (Å²) in [7, 11) is 3.19. The number of pyridine rings is 1. The van der Waals surface area contributed by atoms with Gasteiger partial charge in [-0.3, -0.25) is 4.79 Å². The van der Waals surface area contributed by atoms with Crippen molar-refractivity contribution in [3.05, 3.63) is 42.1 Å². The molecular weight excluding hydrogens is 422 g/mol. The first-order chi connectivity index (χ1) is 16.0. The van der Waals surface area contributed by atoms with Crippen molar-refractivity contribution in [3.8, 4) is 5.88 Å². The van der Waals surface area contributed by atoms with Gasteiger partial charge in [0.25, 0.3) is 0 Å². The van der Waals surface area contributed by atoms with Crippen LogP contribution in [-0.4, -0.2) is 62.7 Å². The summed E-state index contributed by atoms with van der Waals surface area (Å²) in [6.07, 6.45) is 4.73. The molecule has 0 amide bonds. The molecule has 0 bridgehead atoms. The van der Waals surface area contributed by atoms with Crippen LogP contribution >= 0.6 is 0 Å². The Balaban J connectivity index is 2.00. The Labute approximate surface area is 195 Å². The molecule has 2 N–H and O–H groups in total. The van der Waals surface area contributed by atoms with E-state index in [1.807, 2.05) is 24.3 Å². The van der Waals surface area contributed by atoms with Crippen LogP contribution in [0.3, 0.4) is 0 Å². The SMILES string of the molecule is CCCN(c1ccc(C(COC)CC(=O)O)cc1Nc1ccc(OC)nc1)C1CCOCC1. The first kappa shape index (κ1) is 24.8. The Hall–Kier alpha value is -2.84. The van der Waals surface area contributed by atoms with Gasteiger partial charge in [0.15, 0.2) is 0 Å². The zero-order valence-electron chi connectivity index (χ0n) is 19.8. The number of carboxylic acids is 1. The lowest BCUT2D eigenvalue weighted by Crippen LogP contribution is -2.40. The molecule has 0 saturated carbocycles. The van der Waals surface area contributed by atoms with E-state index in [1.165, 1.54) is 0 Å². The third kappa shape index (κ3) is 6.82. The average molecular weight is 458 g/mol. The van der Waals surface area contributed by atoms with E-state index in [9.17, 15) is 9.90 Å². The number of anilines is 3. The first-order valence-corrected chi connectivity index (χ1v) is 11.5. The van der Waals surface area contributed by atoms with Crippen molar-refractivity contribution >= 4 is 23.0 Å². The highest BCUT2D eigenvalue weighted by Gasteiger charge is 2.25. The molecule has 3 rings (SSSR count). The van der Waals surface area contributed by atoms with Gasteiger partial charge in [-0.05, 0) is 43.0 Å². The highest BCUT2D eigenvalue weighted by molar-refractivity contribution is 5.77. The number of nitrogens with zero attached hydrogens (tertiary/aromatic N) is 2. The molecule has 1 saturated heterocycles. The second-order valence-electron chi connectivity index (χ2n) is 8.28.